The molecule has 1 aromatic heterocycles. The molecule has 0 saturated carbocycles. The lowest BCUT2D eigenvalue weighted by Crippen LogP contribution is -2.35. The van der Waals surface area contributed by atoms with Gasteiger partial charge in [-0.15, -0.1) is 0 Å². The van der Waals surface area contributed by atoms with E-state index in [0.29, 0.717) is 17.9 Å². The van der Waals surface area contributed by atoms with E-state index in [4.69, 9.17) is 4.42 Å². The smallest absolute Gasteiger partial charge is 0.293 e. The van der Waals surface area contributed by atoms with Crippen LogP contribution in [0.2, 0.25) is 0 Å². The Morgan fingerprint density at radius 1 is 1.07 bits per heavy atom. The van der Waals surface area contributed by atoms with Crippen molar-refractivity contribution in [3.05, 3.63) is 77.2 Å². The van der Waals surface area contributed by atoms with Crippen molar-refractivity contribution in [1.29, 1.82) is 0 Å². The highest BCUT2D eigenvalue weighted by Gasteiger charge is 2.26. The number of nitrogens with zero attached hydrogens (tertiary/aromatic N) is 1. The van der Waals surface area contributed by atoms with Crippen LogP contribution < -0.4 is 9.62 Å². The third kappa shape index (κ3) is 3.78. The minimum absolute atomic E-state index is 0.210. The van der Waals surface area contributed by atoms with Crippen molar-refractivity contribution in [1.82, 2.24) is 0 Å². The van der Waals surface area contributed by atoms with E-state index in [1.807, 2.05) is 19.9 Å². The standard InChI is InChI=1S/C22H22N2O4S/c1-15-7-10-19(13-16(15)2)29(26,27)23-18-9-8-17-5-3-11-24(20(17)14-18)22(25)21-6-4-12-28-21/h4,6-10,12-14,23H,3,5,11H2,1-2H3. The van der Waals surface area contributed by atoms with E-state index in [1.165, 1.54) is 6.26 Å². The van der Waals surface area contributed by atoms with Gasteiger partial charge in [-0.1, -0.05) is 12.1 Å². The molecule has 150 valence electrons. The number of hydrogen-bond donors (Lipinski definition) is 1. The summed E-state index contributed by atoms with van der Waals surface area (Å²) in [7, 11) is -3.73. The summed E-state index contributed by atoms with van der Waals surface area (Å²) in [5.41, 5.74) is 4.07. The van der Waals surface area contributed by atoms with E-state index in [0.717, 1.165) is 29.5 Å². The molecule has 0 fully saturated rings. The number of aryl methyl sites for hydroxylation is 3. The van der Waals surface area contributed by atoms with Gasteiger partial charge in [0.15, 0.2) is 5.76 Å². The molecule has 4 rings (SSSR count). The van der Waals surface area contributed by atoms with Crippen LogP contribution in [0.15, 0.2) is 64.1 Å². The Morgan fingerprint density at radius 2 is 1.90 bits per heavy atom. The first kappa shape index (κ1) is 19.3. The number of fused-ring (bicyclic) bond motifs is 1. The monoisotopic (exact) mass is 410 g/mol. The first-order valence-electron chi connectivity index (χ1n) is 9.43. The zero-order valence-corrected chi connectivity index (χ0v) is 17.1. The van der Waals surface area contributed by atoms with E-state index in [1.54, 1.807) is 47.4 Å². The van der Waals surface area contributed by atoms with Crippen molar-refractivity contribution in [3.8, 4) is 0 Å². The molecule has 7 heteroatoms. The number of rotatable bonds is 4. The molecule has 0 saturated heterocycles. The highest BCUT2D eigenvalue weighted by Crippen LogP contribution is 2.32. The second kappa shape index (κ2) is 7.40. The minimum Gasteiger partial charge on any atom is -0.459 e. The molecular formula is C22H22N2O4S. The fraction of sp³-hybridized carbons (Fsp3) is 0.227. The van der Waals surface area contributed by atoms with E-state index >= 15 is 0 Å². The topological polar surface area (TPSA) is 79.6 Å². The molecule has 1 aliphatic rings. The molecule has 2 heterocycles. The molecule has 3 aromatic rings. The van der Waals surface area contributed by atoms with E-state index < -0.39 is 10.0 Å². The summed E-state index contributed by atoms with van der Waals surface area (Å²) >= 11 is 0. The molecule has 6 nitrogen and oxygen atoms in total. The Bertz CT molecular complexity index is 1170. The molecule has 0 radical (unpaired) electrons. The van der Waals surface area contributed by atoms with Gasteiger partial charge in [0.1, 0.15) is 0 Å². The number of furan rings is 1. The van der Waals surface area contributed by atoms with Crippen LogP contribution in [0.4, 0.5) is 11.4 Å². The second-order valence-corrected chi connectivity index (χ2v) is 8.92. The maximum atomic E-state index is 12.8. The van der Waals surface area contributed by atoms with Crippen molar-refractivity contribution in [2.45, 2.75) is 31.6 Å². The average molecular weight is 410 g/mol. The predicted octanol–water partition coefficient (Wildman–Crippen LogP) is 4.29. The first-order valence-corrected chi connectivity index (χ1v) is 10.9. The van der Waals surface area contributed by atoms with Gasteiger partial charge in [0.2, 0.25) is 0 Å². The van der Waals surface area contributed by atoms with E-state index in [-0.39, 0.29) is 16.6 Å². The SMILES string of the molecule is Cc1ccc(S(=O)(=O)Nc2ccc3c(c2)N(C(=O)c2ccco2)CCC3)cc1C. The van der Waals surface area contributed by atoms with Gasteiger partial charge >= 0.3 is 0 Å². The highest BCUT2D eigenvalue weighted by atomic mass is 32.2. The van der Waals surface area contributed by atoms with E-state index in [9.17, 15) is 13.2 Å². The Morgan fingerprint density at radius 3 is 2.62 bits per heavy atom. The number of carbonyl (C=O) groups is 1. The lowest BCUT2D eigenvalue weighted by Gasteiger charge is -2.29. The Labute approximate surface area is 170 Å². The molecule has 0 unspecified atom stereocenters. The normalized spacial score (nSPS) is 13.8. The summed E-state index contributed by atoms with van der Waals surface area (Å²) in [6.45, 7) is 4.37. The van der Waals surface area contributed by atoms with Crippen LogP contribution in [0, 0.1) is 13.8 Å². The molecule has 2 aromatic carbocycles. The van der Waals surface area contributed by atoms with Crippen molar-refractivity contribution in [2.24, 2.45) is 0 Å². The number of benzene rings is 2. The number of anilines is 2. The van der Waals surface area contributed by atoms with Crippen molar-refractivity contribution in [3.63, 3.8) is 0 Å². The van der Waals surface area contributed by atoms with Gasteiger partial charge in [0.25, 0.3) is 15.9 Å². The summed E-state index contributed by atoms with van der Waals surface area (Å²) in [5.74, 6) is 0.0316. The van der Waals surface area contributed by atoms with Gasteiger partial charge in [0.05, 0.1) is 16.8 Å². The fourth-order valence-corrected chi connectivity index (χ4v) is 4.61. The fourth-order valence-electron chi connectivity index (χ4n) is 3.48. The molecular weight excluding hydrogens is 388 g/mol. The highest BCUT2D eigenvalue weighted by molar-refractivity contribution is 7.92. The van der Waals surface area contributed by atoms with Crippen LogP contribution in [0.5, 0.6) is 0 Å². The van der Waals surface area contributed by atoms with Gasteiger partial charge in [-0.2, -0.15) is 0 Å². The first-order chi connectivity index (χ1) is 13.8. The molecule has 29 heavy (non-hydrogen) atoms. The maximum Gasteiger partial charge on any atom is 0.293 e. The van der Waals surface area contributed by atoms with Gasteiger partial charge in [-0.05, 0) is 79.8 Å². The van der Waals surface area contributed by atoms with Gasteiger partial charge in [0, 0.05) is 12.2 Å². The molecule has 0 atom stereocenters. The Hall–Kier alpha value is -3.06. The van der Waals surface area contributed by atoms with Crippen molar-refractivity contribution < 1.29 is 17.6 Å². The number of carbonyl (C=O) groups excluding carboxylic acids is 1. The lowest BCUT2D eigenvalue weighted by atomic mass is 10.0. The van der Waals surface area contributed by atoms with Gasteiger partial charge in [-0.25, -0.2) is 8.42 Å². The number of nitrogens with one attached hydrogen (secondary N) is 1. The molecule has 0 spiro atoms. The zero-order valence-electron chi connectivity index (χ0n) is 16.3. The van der Waals surface area contributed by atoms with Crippen molar-refractivity contribution >= 4 is 27.3 Å². The minimum atomic E-state index is -3.73. The lowest BCUT2D eigenvalue weighted by molar-refractivity contribution is 0.0958. The zero-order chi connectivity index (χ0) is 20.6. The van der Waals surface area contributed by atoms with Crippen LogP contribution in [-0.2, 0) is 16.4 Å². The summed E-state index contributed by atoms with van der Waals surface area (Å²) in [6.07, 6.45) is 3.14. The number of amides is 1. The van der Waals surface area contributed by atoms with E-state index in [2.05, 4.69) is 4.72 Å². The molecule has 1 N–H and O–H groups in total. The summed E-state index contributed by atoms with van der Waals surface area (Å²) < 4.78 is 33.5. The quantitative estimate of drug-likeness (QED) is 0.696. The molecule has 0 aliphatic carbocycles. The third-order valence-corrected chi connectivity index (χ3v) is 6.60. The van der Waals surface area contributed by atoms with Gasteiger partial charge < -0.3 is 9.32 Å². The maximum absolute atomic E-state index is 12.8. The van der Waals surface area contributed by atoms with Crippen LogP contribution in [0.3, 0.4) is 0 Å². The predicted molar refractivity (Wildman–Crippen MR) is 112 cm³/mol. The summed E-state index contributed by atoms with van der Waals surface area (Å²) in [5, 5.41) is 0. The van der Waals surface area contributed by atoms with Crippen LogP contribution in [0.25, 0.3) is 0 Å². The molecule has 0 bridgehead atoms. The largest absolute Gasteiger partial charge is 0.459 e. The van der Waals surface area contributed by atoms with Crippen LogP contribution in [0.1, 0.15) is 33.7 Å². The van der Waals surface area contributed by atoms with Gasteiger partial charge in [-0.3, -0.25) is 9.52 Å². The molecule has 1 amide bonds. The molecule has 1 aliphatic heterocycles. The number of hydrogen-bond acceptors (Lipinski definition) is 4. The summed E-state index contributed by atoms with van der Waals surface area (Å²) in [4.78, 5) is 14.7. The third-order valence-electron chi connectivity index (χ3n) is 5.22. The Balaban J connectivity index is 1.65. The van der Waals surface area contributed by atoms with Crippen molar-refractivity contribution in [2.75, 3.05) is 16.2 Å². The van der Waals surface area contributed by atoms with Crippen LogP contribution in [-0.4, -0.2) is 20.9 Å². The number of sulfonamides is 1. The second-order valence-electron chi connectivity index (χ2n) is 7.23. The van der Waals surface area contributed by atoms with Crippen LogP contribution >= 0.6 is 0 Å². The summed E-state index contributed by atoms with van der Waals surface area (Å²) in [6, 6.07) is 13.7. The average Bonchev–Trinajstić information content (AvgIpc) is 3.23. The Kier molecular flexibility index (Phi) is 4.92.